The van der Waals surface area contributed by atoms with E-state index in [-0.39, 0.29) is 11.8 Å². The molecule has 1 spiro atoms. The minimum Gasteiger partial charge on any atom is -0.277 e. The molecule has 3 heteroatoms. The predicted octanol–water partition coefficient (Wildman–Crippen LogP) is 1.24. The largest absolute Gasteiger partial charge is 0.277 e. The van der Waals surface area contributed by atoms with Crippen LogP contribution in [0.2, 0.25) is 0 Å². The maximum absolute atomic E-state index is 11.3. The number of hydroxylamine groups is 1. The molecule has 3 nitrogen and oxygen atoms in total. The van der Waals surface area contributed by atoms with Gasteiger partial charge in [-0.2, -0.15) is 0 Å². The Morgan fingerprint density at radius 1 is 1.50 bits per heavy atom. The number of carbonyl (C=O) groups is 1. The average molecular weight is 169 g/mol. The van der Waals surface area contributed by atoms with Gasteiger partial charge in [0.1, 0.15) is 0 Å². The third kappa shape index (κ3) is 1.12. The second kappa shape index (κ2) is 2.73. The third-order valence-corrected chi connectivity index (χ3v) is 3.31. The van der Waals surface area contributed by atoms with Crippen LogP contribution in [0.1, 0.15) is 32.1 Å². The van der Waals surface area contributed by atoms with Crippen LogP contribution in [-0.2, 0) is 9.63 Å². The van der Waals surface area contributed by atoms with Gasteiger partial charge in [0.05, 0.1) is 7.11 Å². The molecule has 2 aliphatic rings. The van der Waals surface area contributed by atoms with Crippen LogP contribution in [0.4, 0.5) is 0 Å². The highest BCUT2D eigenvalue weighted by molar-refractivity contribution is 5.81. The minimum atomic E-state index is 0.0828. The summed E-state index contributed by atoms with van der Waals surface area (Å²) in [5.41, 5.74) is 2.81. The van der Waals surface area contributed by atoms with E-state index >= 15 is 0 Å². The summed E-state index contributed by atoms with van der Waals surface area (Å²) in [6.45, 7) is 0. The molecule has 2 aliphatic carbocycles. The summed E-state index contributed by atoms with van der Waals surface area (Å²) in [6, 6.07) is 0. The fourth-order valence-electron chi connectivity index (χ4n) is 2.52. The highest BCUT2D eigenvalue weighted by atomic mass is 16.6. The second-order valence-electron chi connectivity index (χ2n) is 4.00. The Kier molecular flexibility index (Phi) is 1.83. The summed E-state index contributed by atoms with van der Waals surface area (Å²) in [6.07, 6.45) is 6.18. The number of hydrogen-bond acceptors (Lipinski definition) is 2. The lowest BCUT2D eigenvalue weighted by Crippen LogP contribution is -2.25. The monoisotopic (exact) mass is 169 g/mol. The zero-order valence-corrected chi connectivity index (χ0v) is 7.43. The van der Waals surface area contributed by atoms with Gasteiger partial charge in [-0.3, -0.25) is 9.63 Å². The van der Waals surface area contributed by atoms with Crippen LogP contribution in [0, 0.1) is 11.3 Å². The summed E-state index contributed by atoms with van der Waals surface area (Å²) in [5.74, 6) is 0.333. The molecular weight excluding hydrogens is 154 g/mol. The van der Waals surface area contributed by atoms with Crippen LogP contribution >= 0.6 is 0 Å². The van der Waals surface area contributed by atoms with Crippen LogP contribution in [-0.4, -0.2) is 13.0 Å². The molecule has 2 rings (SSSR count). The third-order valence-electron chi connectivity index (χ3n) is 3.31. The first-order valence-corrected chi connectivity index (χ1v) is 4.61. The van der Waals surface area contributed by atoms with Crippen LogP contribution < -0.4 is 5.48 Å². The fraction of sp³-hybridized carbons (Fsp3) is 0.889. The van der Waals surface area contributed by atoms with Gasteiger partial charge in [0.25, 0.3) is 0 Å². The number of hydrogen-bond donors (Lipinski definition) is 1. The highest BCUT2D eigenvalue weighted by Crippen LogP contribution is 2.62. The van der Waals surface area contributed by atoms with Gasteiger partial charge in [0.15, 0.2) is 0 Å². The van der Waals surface area contributed by atoms with E-state index in [1.54, 1.807) is 0 Å². The highest BCUT2D eigenvalue weighted by Gasteiger charge is 2.58. The van der Waals surface area contributed by atoms with E-state index in [2.05, 4.69) is 10.3 Å². The van der Waals surface area contributed by atoms with Crippen molar-refractivity contribution in [2.45, 2.75) is 32.1 Å². The van der Waals surface area contributed by atoms with Crippen molar-refractivity contribution >= 4 is 5.91 Å². The molecule has 0 radical (unpaired) electrons. The van der Waals surface area contributed by atoms with Crippen molar-refractivity contribution < 1.29 is 9.63 Å². The maximum atomic E-state index is 11.3. The maximum Gasteiger partial charge on any atom is 0.247 e. The Labute approximate surface area is 72.4 Å². The molecule has 1 unspecified atom stereocenters. The molecular formula is C9H15NO2. The SMILES string of the molecule is CONC(=O)C1CC12CCCC2. The van der Waals surface area contributed by atoms with Crippen LogP contribution in [0.3, 0.4) is 0 Å². The molecule has 68 valence electrons. The van der Waals surface area contributed by atoms with Gasteiger partial charge >= 0.3 is 0 Å². The lowest BCUT2D eigenvalue weighted by Gasteiger charge is -2.06. The molecule has 1 amide bonds. The van der Waals surface area contributed by atoms with E-state index in [0.717, 1.165) is 6.42 Å². The van der Waals surface area contributed by atoms with E-state index in [1.807, 2.05) is 0 Å². The molecule has 1 N–H and O–H groups in total. The molecule has 0 heterocycles. The molecule has 0 bridgehead atoms. The Morgan fingerprint density at radius 2 is 2.17 bits per heavy atom. The quantitative estimate of drug-likeness (QED) is 0.632. The molecule has 0 aromatic rings. The predicted molar refractivity (Wildman–Crippen MR) is 44.2 cm³/mol. The lowest BCUT2D eigenvalue weighted by atomic mass is 10.0. The first kappa shape index (κ1) is 8.05. The number of carbonyl (C=O) groups excluding carboxylic acids is 1. The van der Waals surface area contributed by atoms with Crippen molar-refractivity contribution in [1.29, 1.82) is 0 Å². The van der Waals surface area contributed by atoms with E-state index in [4.69, 9.17) is 0 Å². The molecule has 0 aliphatic heterocycles. The van der Waals surface area contributed by atoms with Gasteiger partial charge in [0.2, 0.25) is 5.91 Å². The van der Waals surface area contributed by atoms with Gasteiger partial charge in [0, 0.05) is 5.92 Å². The molecule has 1 atom stereocenters. The molecule has 0 aromatic carbocycles. The zero-order valence-electron chi connectivity index (χ0n) is 7.43. The standard InChI is InChI=1S/C9H15NO2/c1-12-10-8(11)7-6-9(7)4-2-3-5-9/h7H,2-6H2,1H3,(H,10,11). The van der Waals surface area contributed by atoms with Crippen molar-refractivity contribution in [3.8, 4) is 0 Å². The van der Waals surface area contributed by atoms with Crippen LogP contribution in [0.25, 0.3) is 0 Å². The van der Waals surface area contributed by atoms with Gasteiger partial charge < -0.3 is 0 Å². The fourth-order valence-corrected chi connectivity index (χ4v) is 2.52. The van der Waals surface area contributed by atoms with Crippen LogP contribution in [0.5, 0.6) is 0 Å². The Balaban J connectivity index is 1.89. The molecule has 2 saturated carbocycles. The van der Waals surface area contributed by atoms with Crippen molar-refractivity contribution in [2.24, 2.45) is 11.3 Å². The number of rotatable bonds is 2. The summed E-state index contributed by atoms with van der Waals surface area (Å²) in [4.78, 5) is 15.9. The molecule has 12 heavy (non-hydrogen) atoms. The van der Waals surface area contributed by atoms with Gasteiger partial charge in [-0.05, 0) is 24.7 Å². The van der Waals surface area contributed by atoms with Crippen molar-refractivity contribution in [1.82, 2.24) is 5.48 Å². The first-order chi connectivity index (χ1) is 5.78. The summed E-state index contributed by atoms with van der Waals surface area (Å²) >= 11 is 0. The van der Waals surface area contributed by atoms with Crippen molar-refractivity contribution in [3.05, 3.63) is 0 Å². The summed E-state index contributed by atoms with van der Waals surface area (Å²) in [5, 5.41) is 0. The van der Waals surface area contributed by atoms with Crippen molar-refractivity contribution in [3.63, 3.8) is 0 Å². The van der Waals surface area contributed by atoms with Gasteiger partial charge in [-0.25, -0.2) is 5.48 Å². The van der Waals surface area contributed by atoms with Gasteiger partial charge in [-0.1, -0.05) is 12.8 Å². The zero-order chi connectivity index (χ0) is 8.60. The minimum absolute atomic E-state index is 0.0828. The average Bonchev–Trinajstić information content (AvgIpc) is 2.51. The molecule has 0 saturated heterocycles. The van der Waals surface area contributed by atoms with Crippen LogP contribution in [0.15, 0.2) is 0 Å². The van der Waals surface area contributed by atoms with E-state index < -0.39 is 0 Å². The van der Waals surface area contributed by atoms with E-state index in [0.29, 0.717) is 5.41 Å². The molecule has 0 aromatic heterocycles. The molecule has 2 fully saturated rings. The Bertz CT molecular complexity index is 197. The topological polar surface area (TPSA) is 38.3 Å². The smallest absolute Gasteiger partial charge is 0.247 e. The number of amides is 1. The Hall–Kier alpha value is -0.570. The summed E-state index contributed by atoms with van der Waals surface area (Å²) in [7, 11) is 1.49. The number of nitrogens with one attached hydrogen (secondary N) is 1. The summed E-state index contributed by atoms with van der Waals surface area (Å²) < 4.78 is 0. The van der Waals surface area contributed by atoms with E-state index in [9.17, 15) is 4.79 Å². The van der Waals surface area contributed by atoms with Crippen molar-refractivity contribution in [2.75, 3.05) is 7.11 Å². The lowest BCUT2D eigenvalue weighted by molar-refractivity contribution is -0.133. The first-order valence-electron chi connectivity index (χ1n) is 4.61. The second-order valence-corrected chi connectivity index (χ2v) is 4.00. The van der Waals surface area contributed by atoms with Gasteiger partial charge in [-0.15, -0.1) is 0 Å². The van der Waals surface area contributed by atoms with E-state index in [1.165, 1.54) is 32.8 Å². The normalized spacial score (nSPS) is 30.6. The Morgan fingerprint density at radius 3 is 2.75 bits per heavy atom.